The van der Waals surface area contributed by atoms with Crippen molar-refractivity contribution in [1.82, 2.24) is 4.90 Å². The first-order valence-corrected chi connectivity index (χ1v) is 7.71. The van der Waals surface area contributed by atoms with Crippen molar-refractivity contribution in [3.05, 3.63) is 0 Å². The molecule has 3 heteroatoms. The Hall–Kier alpha value is -0.120. The molecule has 0 aromatic carbocycles. The van der Waals surface area contributed by atoms with E-state index in [1.54, 1.807) is 0 Å². The van der Waals surface area contributed by atoms with E-state index in [2.05, 4.69) is 25.7 Å². The van der Waals surface area contributed by atoms with Crippen molar-refractivity contribution < 1.29 is 4.74 Å². The average molecular weight is 256 g/mol. The molecule has 0 amide bonds. The molecule has 0 saturated heterocycles. The largest absolute Gasteiger partial charge is 0.377 e. The Morgan fingerprint density at radius 2 is 1.78 bits per heavy atom. The Morgan fingerprint density at radius 1 is 1.17 bits per heavy atom. The maximum Gasteiger partial charge on any atom is 0.0597 e. The molecule has 0 atom stereocenters. The second kappa shape index (κ2) is 8.13. The van der Waals surface area contributed by atoms with E-state index in [1.165, 1.54) is 38.5 Å². The average Bonchev–Trinajstić information content (AvgIpc) is 2.60. The summed E-state index contributed by atoms with van der Waals surface area (Å²) in [6.07, 6.45) is 8.27. The lowest BCUT2D eigenvalue weighted by atomic mass is 9.88. The molecule has 1 rings (SSSR count). The first-order valence-electron chi connectivity index (χ1n) is 7.71. The third-order valence-corrected chi connectivity index (χ3v) is 4.28. The molecule has 0 unspecified atom stereocenters. The van der Waals surface area contributed by atoms with E-state index in [1.807, 2.05) is 0 Å². The van der Waals surface area contributed by atoms with Gasteiger partial charge >= 0.3 is 0 Å². The predicted octanol–water partition coefficient (Wildman–Crippen LogP) is 2.79. The molecule has 1 fully saturated rings. The van der Waals surface area contributed by atoms with Crippen molar-refractivity contribution >= 4 is 0 Å². The molecule has 0 heterocycles. The van der Waals surface area contributed by atoms with Gasteiger partial charge in [0.25, 0.3) is 0 Å². The monoisotopic (exact) mass is 256 g/mol. The maximum absolute atomic E-state index is 6.13. The van der Waals surface area contributed by atoms with Crippen molar-refractivity contribution in [2.75, 3.05) is 26.2 Å². The van der Waals surface area contributed by atoms with Crippen LogP contribution in [0.1, 0.15) is 59.3 Å². The van der Waals surface area contributed by atoms with Crippen LogP contribution in [0, 0.1) is 0 Å². The van der Waals surface area contributed by atoms with Gasteiger partial charge in [0.15, 0.2) is 0 Å². The topological polar surface area (TPSA) is 38.5 Å². The van der Waals surface area contributed by atoms with Gasteiger partial charge in [-0.3, -0.25) is 4.90 Å². The third-order valence-electron chi connectivity index (χ3n) is 4.28. The zero-order valence-electron chi connectivity index (χ0n) is 12.6. The summed E-state index contributed by atoms with van der Waals surface area (Å²) in [5, 5.41) is 0. The Labute approximate surface area is 113 Å². The molecule has 0 bridgehead atoms. The van der Waals surface area contributed by atoms with Crippen LogP contribution in [0.25, 0.3) is 0 Å². The van der Waals surface area contributed by atoms with Crippen LogP contribution in [0.4, 0.5) is 0 Å². The highest BCUT2D eigenvalue weighted by Crippen LogP contribution is 2.31. The smallest absolute Gasteiger partial charge is 0.0597 e. The maximum atomic E-state index is 6.13. The number of hydrogen-bond donors (Lipinski definition) is 1. The number of likely N-dealkylation sites (N-methyl/N-ethyl adjacent to an activating group) is 1. The second-order valence-corrected chi connectivity index (χ2v) is 5.84. The zero-order chi connectivity index (χ0) is 13.4. The minimum atomic E-state index is 0.242. The van der Waals surface area contributed by atoms with Gasteiger partial charge in [-0.1, -0.05) is 32.6 Å². The summed E-state index contributed by atoms with van der Waals surface area (Å²) in [5.74, 6) is 0. The molecule has 108 valence electrons. The first-order chi connectivity index (χ1) is 8.64. The lowest BCUT2D eigenvalue weighted by molar-refractivity contribution is 0.0188. The number of ether oxygens (including phenoxy) is 1. The molecular weight excluding hydrogens is 224 g/mol. The van der Waals surface area contributed by atoms with E-state index in [0.717, 1.165) is 26.2 Å². The molecule has 1 aliphatic carbocycles. The highest BCUT2D eigenvalue weighted by atomic mass is 16.5. The molecule has 0 aliphatic heterocycles. The van der Waals surface area contributed by atoms with Crippen LogP contribution in [0.2, 0.25) is 0 Å². The fourth-order valence-corrected chi connectivity index (χ4v) is 3.17. The Morgan fingerprint density at radius 3 is 2.22 bits per heavy atom. The van der Waals surface area contributed by atoms with Gasteiger partial charge < -0.3 is 10.5 Å². The molecule has 0 aromatic rings. The van der Waals surface area contributed by atoms with Gasteiger partial charge in [-0.25, -0.2) is 0 Å². The van der Waals surface area contributed by atoms with E-state index in [0.29, 0.717) is 6.10 Å². The summed E-state index contributed by atoms with van der Waals surface area (Å²) in [4.78, 5) is 2.57. The van der Waals surface area contributed by atoms with Gasteiger partial charge in [0, 0.05) is 18.6 Å². The second-order valence-electron chi connectivity index (χ2n) is 5.84. The Balaban J connectivity index is 2.57. The first kappa shape index (κ1) is 15.9. The van der Waals surface area contributed by atoms with Crippen LogP contribution in [-0.2, 0) is 4.74 Å². The molecule has 3 nitrogen and oxygen atoms in total. The van der Waals surface area contributed by atoms with Crippen LogP contribution in [0.3, 0.4) is 0 Å². The van der Waals surface area contributed by atoms with Crippen molar-refractivity contribution in [1.29, 1.82) is 0 Å². The molecule has 0 radical (unpaired) electrons. The molecular formula is C15H32N2O. The fourth-order valence-electron chi connectivity index (χ4n) is 3.17. The summed E-state index contributed by atoms with van der Waals surface area (Å²) >= 11 is 0. The van der Waals surface area contributed by atoms with Gasteiger partial charge in [-0.15, -0.1) is 0 Å². The van der Waals surface area contributed by atoms with E-state index in [-0.39, 0.29) is 5.54 Å². The van der Waals surface area contributed by atoms with E-state index < -0.39 is 0 Å². The molecule has 1 saturated carbocycles. The minimum Gasteiger partial charge on any atom is -0.377 e. The van der Waals surface area contributed by atoms with Gasteiger partial charge in [0.05, 0.1) is 12.7 Å². The number of hydrogen-bond acceptors (Lipinski definition) is 3. The van der Waals surface area contributed by atoms with Crippen molar-refractivity contribution in [3.8, 4) is 0 Å². The Bertz CT molecular complexity index is 211. The summed E-state index contributed by atoms with van der Waals surface area (Å²) in [7, 11) is 0. The van der Waals surface area contributed by atoms with Crippen molar-refractivity contribution in [2.45, 2.75) is 70.9 Å². The van der Waals surface area contributed by atoms with Gasteiger partial charge in [0.1, 0.15) is 0 Å². The predicted molar refractivity (Wildman–Crippen MR) is 77.8 cm³/mol. The van der Waals surface area contributed by atoms with Crippen LogP contribution >= 0.6 is 0 Å². The zero-order valence-corrected chi connectivity index (χ0v) is 12.6. The lowest BCUT2D eigenvalue weighted by Gasteiger charge is -2.43. The summed E-state index contributed by atoms with van der Waals surface area (Å²) in [6.45, 7) is 10.2. The molecule has 18 heavy (non-hydrogen) atoms. The highest BCUT2D eigenvalue weighted by Gasteiger charge is 2.34. The standard InChI is InChI=1S/C15H32N2O/c1-4-17(11-12-18-14(2)3)15(13-16)9-7-5-6-8-10-15/h14H,4-13,16H2,1-3H3. The summed E-state index contributed by atoms with van der Waals surface area (Å²) < 4.78 is 5.70. The normalized spacial score (nSPS) is 20.3. The summed E-state index contributed by atoms with van der Waals surface area (Å²) in [6, 6.07) is 0. The number of nitrogens with zero attached hydrogens (tertiary/aromatic N) is 1. The Kier molecular flexibility index (Phi) is 7.20. The number of rotatable bonds is 7. The molecule has 0 spiro atoms. The number of nitrogens with two attached hydrogens (primary N) is 1. The fraction of sp³-hybridized carbons (Fsp3) is 1.00. The SMILES string of the molecule is CCN(CCOC(C)C)C1(CN)CCCCCC1. The van der Waals surface area contributed by atoms with Gasteiger partial charge in [-0.05, 0) is 33.2 Å². The highest BCUT2D eigenvalue weighted by molar-refractivity contribution is 4.92. The molecule has 2 N–H and O–H groups in total. The van der Waals surface area contributed by atoms with E-state index in [4.69, 9.17) is 10.5 Å². The summed E-state index contributed by atoms with van der Waals surface area (Å²) in [5.41, 5.74) is 6.37. The van der Waals surface area contributed by atoms with Crippen molar-refractivity contribution in [2.24, 2.45) is 5.73 Å². The van der Waals surface area contributed by atoms with Crippen LogP contribution < -0.4 is 5.73 Å². The quantitative estimate of drug-likeness (QED) is 0.712. The minimum absolute atomic E-state index is 0.242. The van der Waals surface area contributed by atoms with Crippen molar-refractivity contribution in [3.63, 3.8) is 0 Å². The lowest BCUT2D eigenvalue weighted by Crippen LogP contribution is -2.54. The van der Waals surface area contributed by atoms with Gasteiger partial charge in [0.2, 0.25) is 0 Å². The van der Waals surface area contributed by atoms with Crippen LogP contribution in [-0.4, -0.2) is 42.8 Å². The van der Waals surface area contributed by atoms with E-state index >= 15 is 0 Å². The molecule has 1 aliphatic rings. The van der Waals surface area contributed by atoms with Crippen LogP contribution in [0.15, 0.2) is 0 Å². The third kappa shape index (κ3) is 4.52. The van der Waals surface area contributed by atoms with Gasteiger partial charge in [-0.2, -0.15) is 0 Å². The molecule has 0 aromatic heterocycles. The van der Waals surface area contributed by atoms with E-state index in [9.17, 15) is 0 Å². The van der Waals surface area contributed by atoms with Crippen LogP contribution in [0.5, 0.6) is 0 Å².